The van der Waals surface area contributed by atoms with Crippen molar-refractivity contribution in [3.8, 4) is 0 Å². The molecule has 0 heterocycles. The lowest BCUT2D eigenvalue weighted by Gasteiger charge is -2.17. The molecule has 0 aromatic heterocycles. The number of hydrogen-bond donors (Lipinski definition) is 2. The quantitative estimate of drug-likeness (QED) is 0.342. The van der Waals surface area contributed by atoms with Gasteiger partial charge in [0.2, 0.25) is 5.78 Å². The van der Waals surface area contributed by atoms with Crippen molar-refractivity contribution in [3.63, 3.8) is 0 Å². The Bertz CT molecular complexity index is 424. The fourth-order valence-electron chi connectivity index (χ4n) is 1.13. The Hall–Kier alpha value is -1.79. The zero-order chi connectivity index (χ0) is 13.1. The molecule has 0 spiro atoms. The van der Waals surface area contributed by atoms with E-state index >= 15 is 0 Å². The van der Waals surface area contributed by atoms with E-state index in [1.54, 1.807) is 0 Å². The first-order valence-electron chi connectivity index (χ1n) is 4.82. The lowest BCUT2D eigenvalue weighted by molar-refractivity contribution is -0.191. The molecule has 0 aliphatic heterocycles. The highest BCUT2D eigenvalue weighted by molar-refractivity contribution is 6.13. The predicted octanol–water partition coefficient (Wildman–Crippen LogP) is 0.252. The Balaban J connectivity index is 2.95. The number of ether oxygens (including phenoxy) is 1. The first-order valence-corrected chi connectivity index (χ1v) is 4.82. The third-order valence-corrected chi connectivity index (χ3v) is 1.98. The number of rotatable bonds is 4. The van der Waals surface area contributed by atoms with Gasteiger partial charge >= 0.3 is 11.8 Å². The van der Waals surface area contributed by atoms with E-state index in [9.17, 15) is 24.2 Å². The zero-order valence-electron chi connectivity index (χ0n) is 9.01. The van der Waals surface area contributed by atoms with Crippen LogP contribution in [0.3, 0.4) is 0 Å². The SMILES string of the molecule is CCOC(=O)C(O)(O)C(=O)c1ccc(F)cc1. The summed E-state index contributed by atoms with van der Waals surface area (Å²) in [6, 6.07) is 4.01. The third-order valence-electron chi connectivity index (χ3n) is 1.98. The fraction of sp³-hybridized carbons (Fsp3) is 0.273. The van der Waals surface area contributed by atoms with Gasteiger partial charge in [0.15, 0.2) is 0 Å². The molecular weight excluding hydrogens is 231 g/mol. The van der Waals surface area contributed by atoms with Gasteiger partial charge in [-0.3, -0.25) is 4.79 Å². The Morgan fingerprint density at radius 3 is 2.29 bits per heavy atom. The van der Waals surface area contributed by atoms with Crippen LogP contribution in [-0.2, 0) is 9.53 Å². The zero-order valence-corrected chi connectivity index (χ0v) is 9.01. The summed E-state index contributed by atoms with van der Waals surface area (Å²) in [6.45, 7) is 1.36. The van der Waals surface area contributed by atoms with E-state index in [0.29, 0.717) is 0 Å². The van der Waals surface area contributed by atoms with Crippen LogP contribution >= 0.6 is 0 Å². The lowest BCUT2D eigenvalue weighted by Crippen LogP contribution is -2.47. The summed E-state index contributed by atoms with van der Waals surface area (Å²) in [5, 5.41) is 18.7. The molecule has 2 N–H and O–H groups in total. The van der Waals surface area contributed by atoms with Gasteiger partial charge in [0.05, 0.1) is 6.61 Å². The van der Waals surface area contributed by atoms with E-state index in [-0.39, 0.29) is 12.2 Å². The molecule has 5 nitrogen and oxygen atoms in total. The molecule has 0 saturated carbocycles. The van der Waals surface area contributed by atoms with Gasteiger partial charge in [-0.1, -0.05) is 0 Å². The summed E-state index contributed by atoms with van der Waals surface area (Å²) >= 11 is 0. The molecule has 0 bridgehead atoms. The first kappa shape index (κ1) is 13.3. The summed E-state index contributed by atoms with van der Waals surface area (Å²) in [5.41, 5.74) is -0.204. The molecule has 1 rings (SSSR count). The summed E-state index contributed by atoms with van der Waals surface area (Å²) in [5.74, 6) is -6.57. The average molecular weight is 242 g/mol. The molecule has 1 aromatic carbocycles. The van der Waals surface area contributed by atoms with E-state index < -0.39 is 23.4 Å². The minimum Gasteiger partial charge on any atom is -0.462 e. The first-order chi connectivity index (χ1) is 7.89. The number of aliphatic hydroxyl groups is 2. The van der Waals surface area contributed by atoms with E-state index in [1.807, 2.05) is 0 Å². The van der Waals surface area contributed by atoms with Crippen molar-refractivity contribution in [1.82, 2.24) is 0 Å². The number of hydrogen-bond acceptors (Lipinski definition) is 5. The van der Waals surface area contributed by atoms with E-state index in [4.69, 9.17) is 0 Å². The monoisotopic (exact) mass is 242 g/mol. The summed E-state index contributed by atoms with van der Waals surface area (Å²) < 4.78 is 16.9. The molecule has 0 unspecified atom stereocenters. The lowest BCUT2D eigenvalue weighted by atomic mass is 10.0. The Morgan fingerprint density at radius 1 is 1.29 bits per heavy atom. The van der Waals surface area contributed by atoms with Crippen molar-refractivity contribution in [2.45, 2.75) is 12.7 Å². The van der Waals surface area contributed by atoms with Gasteiger partial charge < -0.3 is 14.9 Å². The molecule has 6 heteroatoms. The third kappa shape index (κ3) is 2.86. The van der Waals surface area contributed by atoms with Crippen molar-refractivity contribution in [2.75, 3.05) is 6.61 Å². The maximum absolute atomic E-state index is 12.6. The van der Waals surface area contributed by atoms with Gasteiger partial charge in [0.25, 0.3) is 0 Å². The van der Waals surface area contributed by atoms with Gasteiger partial charge in [0, 0.05) is 5.56 Å². The van der Waals surface area contributed by atoms with Crippen LogP contribution in [0.1, 0.15) is 17.3 Å². The average Bonchev–Trinajstić information content (AvgIpc) is 2.29. The maximum Gasteiger partial charge on any atom is 0.375 e. The van der Waals surface area contributed by atoms with Crippen LogP contribution < -0.4 is 0 Å². The van der Waals surface area contributed by atoms with Crippen molar-refractivity contribution >= 4 is 11.8 Å². The van der Waals surface area contributed by atoms with Crippen molar-refractivity contribution in [3.05, 3.63) is 35.6 Å². The van der Waals surface area contributed by atoms with Crippen molar-refractivity contribution < 1.29 is 28.9 Å². The highest BCUT2D eigenvalue weighted by Gasteiger charge is 2.44. The van der Waals surface area contributed by atoms with Crippen LogP contribution in [0.25, 0.3) is 0 Å². The standard InChI is InChI=1S/C11H11FO5/c1-2-17-10(14)11(15,16)9(13)7-3-5-8(12)6-4-7/h3-6,15-16H,2H2,1H3. The molecule has 0 aliphatic rings. The largest absolute Gasteiger partial charge is 0.462 e. The van der Waals surface area contributed by atoms with Crippen molar-refractivity contribution in [2.24, 2.45) is 0 Å². The Morgan fingerprint density at radius 2 is 1.82 bits per heavy atom. The molecule has 92 valence electrons. The van der Waals surface area contributed by atoms with Gasteiger partial charge in [0.1, 0.15) is 5.82 Å². The molecule has 0 saturated heterocycles. The molecular formula is C11H11FO5. The second-order valence-electron chi connectivity index (χ2n) is 3.23. The van der Waals surface area contributed by atoms with Crippen LogP contribution in [0.15, 0.2) is 24.3 Å². The van der Waals surface area contributed by atoms with E-state index in [2.05, 4.69) is 4.74 Å². The molecule has 0 aliphatic carbocycles. The number of esters is 1. The van der Waals surface area contributed by atoms with Gasteiger partial charge in [-0.2, -0.15) is 0 Å². The van der Waals surface area contributed by atoms with Gasteiger partial charge in [-0.15, -0.1) is 0 Å². The highest BCUT2D eigenvalue weighted by Crippen LogP contribution is 2.13. The Kier molecular flexibility index (Phi) is 3.93. The molecule has 1 aromatic rings. The topological polar surface area (TPSA) is 83.8 Å². The molecule has 0 fully saturated rings. The van der Waals surface area contributed by atoms with E-state index in [1.165, 1.54) is 6.92 Å². The van der Waals surface area contributed by atoms with Gasteiger partial charge in [-0.25, -0.2) is 9.18 Å². The molecule has 0 atom stereocenters. The second-order valence-corrected chi connectivity index (χ2v) is 3.23. The minimum atomic E-state index is -3.26. The normalized spacial score (nSPS) is 11.1. The van der Waals surface area contributed by atoms with Crippen LogP contribution in [0.2, 0.25) is 0 Å². The Labute approximate surface area is 96.4 Å². The van der Waals surface area contributed by atoms with Crippen LogP contribution in [0, 0.1) is 5.82 Å². The number of ketones is 1. The van der Waals surface area contributed by atoms with Crippen molar-refractivity contribution in [1.29, 1.82) is 0 Å². The van der Waals surface area contributed by atoms with E-state index in [0.717, 1.165) is 24.3 Å². The summed E-state index contributed by atoms with van der Waals surface area (Å²) in [6.07, 6.45) is 0. The summed E-state index contributed by atoms with van der Waals surface area (Å²) in [4.78, 5) is 22.7. The second kappa shape index (κ2) is 5.03. The van der Waals surface area contributed by atoms with Gasteiger partial charge in [-0.05, 0) is 31.2 Å². The molecule has 0 amide bonds. The smallest absolute Gasteiger partial charge is 0.375 e. The number of Topliss-reactive ketones (excluding diaryl/α,β-unsaturated/α-hetero) is 1. The number of carbonyl (C=O) groups is 2. The number of halogens is 1. The predicted molar refractivity (Wildman–Crippen MR) is 54.5 cm³/mol. The number of benzene rings is 1. The van der Waals surface area contributed by atoms with Crippen LogP contribution in [-0.4, -0.2) is 34.4 Å². The summed E-state index contributed by atoms with van der Waals surface area (Å²) in [7, 11) is 0. The number of carbonyl (C=O) groups excluding carboxylic acids is 2. The molecule has 0 radical (unpaired) electrons. The minimum absolute atomic E-state index is 0.0988. The van der Waals surface area contributed by atoms with Crippen LogP contribution in [0.5, 0.6) is 0 Å². The van der Waals surface area contributed by atoms with Crippen LogP contribution in [0.4, 0.5) is 4.39 Å². The highest BCUT2D eigenvalue weighted by atomic mass is 19.1. The maximum atomic E-state index is 12.6. The fourth-order valence-corrected chi connectivity index (χ4v) is 1.13. The molecule has 17 heavy (non-hydrogen) atoms.